The molecule has 2 heterocycles. The molecule has 3 N–H and O–H groups in total. The number of halogens is 1. The van der Waals surface area contributed by atoms with Crippen LogP contribution in [0.2, 0.25) is 0 Å². The lowest BCUT2D eigenvalue weighted by molar-refractivity contribution is 0.590. The zero-order valence-corrected chi connectivity index (χ0v) is 9.69. The van der Waals surface area contributed by atoms with Crippen molar-refractivity contribution in [1.29, 1.82) is 0 Å². The van der Waals surface area contributed by atoms with E-state index in [0.29, 0.717) is 22.6 Å². The highest BCUT2D eigenvalue weighted by molar-refractivity contribution is 9.10. The van der Waals surface area contributed by atoms with Gasteiger partial charge in [-0.05, 0) is 35.3 Å². The van der Waals surface area contributed by atoms with Crippen LogP contribution >= 0.6 is 15.9 Å². The standard InChI is InChI=1S/C9H12BrN3O2/c10-7-6(4-5-2-1-3-11-5)12-9(15)13-8(7)14/h5,11H,1-4H2,(H2,12,13,14,15). The second-order valence-electron chi connectivity index (χ2n) is 3.70. The number of aromatic amines is 2. The van der Waals surface area contributed by atoms with Crippen LogP contribution in [0.25, 0.3) is 0 Å². The molecule has 82 valence electrons. The summed E-state index contributed by atoms with van der Waals surface area (Å²) in [6, 6.07) is 0.360. The highest BCUT2D eigenvalue weighted by atomic mass is 79.9. The second-order valence-corrected chi connectivity index (χ2v) is 4.49. The second kappa shape index (κ2) is 4.32. The molecule has 1 aliphatic heterocycles. The van der Waals surface area contributed by atoms with Gasteiger partial charge in [0, 0.05) is 18.2 Å². The molecule has 1 atom stereocenters. The first-order chi connectivity index (χ1) is 7.16. The number of hydrogen-bond donors (Lipinski definition) is 3. The lowest BCUT2D eigenvalue weighted by Gasteiger charge is -2.10. The van der Waals surface area contributed by atoms with Crippen LogP contribution in [-0.4, -0.2) is 22.6 Å². The average Bonchev–Trinajstić information content (AvgIpc) is 2.66. The lowest BCUT2D eigenvalue weighted by Crippen LogP contribution is -2.30. The van der Waals surface area contributed by atoms with E-state index < -0.39 is 5.69 Å². The monoisotopic (exact) mass is 273 g/mol. The molecule has 0 bridgehead atoms. The van der Waals surface area contributed by atoms with E-state index in [9.17, 15) is 9.59 Å². The summed E-state index contributed by atoms with van der Waals surface area (Å²) in [7, 11) is 0. The SMILES string of the molecule is O=c1[nH]c(CC2CCCN2)c(Br)c(=O)[nH]1. The van der Waals surface area contributed by atoms with E-state index in [2.05, 4.69) is 31.2 Å². The van der Waals surface area contributed by atoms with Gasteiger partial charge in [-0.1, -0.05) is 0 Å². The summed E-state index contributed by atoms with van der Waals surface area (Å²) in [6.07, 6.45) is 2.91. The fourth-order valence-electron chi connectivity index (χ4n) is 1.84. The largest absolute Gasteiger partial charge is 0.325 e. The first kappa shape index (κ1) is 10.6. The molecule has 15 heavy (non-hydrogen) atoms. The van der Waals surface area contributed by atoms with Gasteiger partial charge in [0.25, 0.3) is 5.56 Å². The number of H-pyrrole nitrogens is 2. The molecule has 5 nitrogen and oxygen atoms in total. The molecule has 1 fully saturated rings. The van der Waals surface area contributed by atoms with Crippen LogP contribution in [-0.2, 0) is 6.42 Å². The zero-order chi connectivity index (χ0) is 10.8. The molecule has 2 rings (SSSR count). The van der Waals surface area contributed by atoms with E-state index in [1.807, 2.05) is 0 Å². The zero-order valence-electron chi connectivity index (χ0n) is 8.10. The normalized spacial score (nSPS) is 20.7. The third-order valence-electron chi connectivity index (χ3n) is 2.57. The summed E-state index contributed by atoms with van der Waals surface area (Å²) < 4.78 is 0.427. The van der Waals surface area contributed by atoms with E-state index in [1.165, 1.54) is 0 Å². The Hall–Kier alpha value is -0.880. The first-order valence-corrected chi connectivity index (χ1v) is 5.70. The van der Waals surface area contributed by atoms with E-state index in [-0.39, 0.29) is 5.56 Å². The molecule has 1 aromatic rings. The molecule has 1 unspecified atom stereocenters. The third-order valence-corrected chi connectivity index (χ3v) is 3.41. The van der Waals surface area contributed by atoms with Gasteiger partial charge < -0.3 is 10.3 Å². The van der Waals surface area contributed by atoms with E-state index in [0.717, 1.165) is 19.4 Å². The lowest BCUT2D eigenvalue weighted by atomic mass is 10.1. The molecule has 0 amide bonds. The van der Waals surface area contributed by atoms with Crippen molar-refractivity contribution < 1.29 is 0 Å². The summed E-state index contributed by atoms with van der Waals surface area (Å²) in [6.45, 7) is 1.01. The maximum absolute atomic E-state index is 11.3. The van der Waals surface area contributed by atoms with Gasteiger partial charge in [0.15, 0.2) is 0 Å². The van der Waals surface area contributed by atoms with Crippen LogP contribution in [0.15, 0.2) is 14.1 Å². The maximum Gasteiger partial charge on any atom is 0.325 e. The van der Waals surface area contributed by atoms with Crippen LogP contribution in [0.5, 0.6) is 0 Å². The van der Waals surface area contributed by atoms with Crippen molar-refractivity contribution in [3.8, 4) is 0 Å². The predicted molar refractivity (Wildman–Crippen MR) is 60.1 cm³/mol. The van der Waals surface area contributed by atoms with Gasteiger partial charge in [-0.15, -0.1) is 0 Å². The Morgan fingerprint density at radius 1 is 1.33 bits per heavy atom. The Bertz CT molecular complexity index is 459. The van der Waals surface area contributed by atoms with Crippen molar-refractivity contribution in [3.63, 3.8) is 0 Å². The van der Waals surface area contributed by atoms with Crippen LogP contribution < -0.4 is 16.6 Å². The smallest absolute Gasteiger partial charge is 0.314 e. The molecular formula is C9H12BrN3O2. The predicted octanol–water partition coefficient (Wildman–Crippen LogP) is 0.120. The summed E-state index contributed by atoms with van der Waals surface area (Å²) >= 11 is 3.18. The Morgan fingerprint density at radius 2 is 2.13 bits per heavy atom. The molecule has 0 aliphatic carbocycles. The Labute approximate surface area is 94.4 Å². The fraction of sp³-hybridized carbons (Fsp3) is 0.556. The highest BCUT2D eigenvalue weighted by Gasteiger charge is 2.17. The topological polar surface area (TPSA) is 77.8 Å². The molecule has 0 saturated carbocycles. The van der Waals surface area contributed by atoms with Crippen LogP contribution in [0.4, 0.5) is 0 Å². The molecule has 1 aliphatic rings. The van der Waals surface area contributed by atoms with Gasteiger partial charge >= 0.3 is 5.69 Å². The van der Waals surface area contributed by atoms with Crippen molar-refractivity contribution >= 4 is 15.9 Å². The summed E-state index contributed by atoms with van der Waals surface area (Å²) in [5, 5.41) is 3.32. The molecule has 1 aromatic heterocycles. The van der Waals surface area contributed by atoms with Crippen molar-refractivity contribution in [2.45, 2.75) is 25.3 Å². The van der Waals surface area contributed by atoms with Gasteiger partial charge in [0.05, 0.1) is 0 Å². The molecule has 6 heteroatoms. The Morgan fingerprint density at radius 3 is 2.80 bits per heavy atom. The van der Waals surface area contributed by atoms with Gasteiger partial charge in [0.2, 0.25) is 0 Å². The summed E-state index contributed by atoms with van der Waals surface area (Å²) in [5.41, 5.74) is -0.147. The van der Waals surface area contributed by atoms with Gasteiger partial charge in [-0.2, -0.15) is 0 Å². The number of rotatable bonds is 2. The maximum atomic E-state index is 11.3. The molecule has 0 aromatic carbocycles. The average molecular weight is 274 g/mol. The number of aromatic nitrogens is 2. The minimum absolute atomic E-state index is 0.360. The molecular weight excluding hydrogens is 262 g/mol. The van der Waals surface area contributed by atoms with Crippen molar-refractivity contribution in [1.82, 2.24) is 15.3 Å². The van der Waals surface area contributed by atoms with Crippen LogP contribution in [0.1, 0.15) is 18.5 Å². The molecule has 0 radical (unpaired) electrons. The number of nitrogens with one attached hydrogen (secondary N) is 3. The molecule has 1 saturated heterocycles. The van der Waals surface area contributed by atoms with Gasteiger partial charge in [-0.3, -0.25) is 9.78 Å². The Kier molecular flexibility index (Phi) is 3.06. The van der Waals surface area contributed by atoms with Gasteiger partial charge in [-0.25, -0.2) is 4.79 Å². The third kappa shape index (κ3) is 2.38. The minimum atomic E-state index is -0.448. The quantitative estimate of drug-likeness (QED) is 0.717. The van der Waals surface area contributed by atoms with Crippen LogP contribution in [0.3, 0.4) is 0 Å². The minimum Gasteiger partial charge on any atom is -0.314 e. The van der Waals surface area contributed by atoms with Gasteiger partial charge in [0.1, 0.15) is 4.47 Å². The molecule has 0 spiro atoms. The van der Waals surface area contributed by atoms with Crippen molar-refractivity contribution in [2.75, 3.05) is 6.54 Å². The van der Waals surface area contributed by atoms with Crippen molar-refractivity contribution in [2.24, 2.45) is 0 Å². The van der Waals surface area contributed by atoms with E-state index >= 15 is 0 Å². The fourth-order valence-corrected chi connectivity index (χ4v) is 2.20. The van der Waals surface area contributed by atoms with E-state index in [1.54, 1.807) is 0 Å². The summed E-state index contributed by atoms with van der Waals surface area (Å²) in [5.74, 6) is 0. The van der Waals surface area contributed by atoms with Crippen LogP contribution in [0, 0.1) is 0 Å². The van der Waals surface area contributed by atoms with Crippen molar-refractivity contribution in [3.05, 3.63) is 31.0 Å². The summed E-state index contributed by atoms with van der Waals surface area (Å²) in [4.78, 5) is 27.2. The Balaban J connectivity index is 2.27. The number of hydrogen-bond acceptors (Lipinski definition) is 3. The van der Waals surface area contributed by atoms with E-state index in [4.69, 9.17) is 0 Å². The first-order valence-electron chi connectivity index (χ1n) is 4.91. The highest BCUT2D eigenvalue weighted by Crippen LogP contribution is 2.14.